The van der Waals surface area contributed by atoms with Gasteiger partial charge in [0, 0.05) is 6.61 Å². The monoisotopic (exact) mass is 186 g/mol. The minimum Gasteiger partial charge on any atom is -0.396 e. The van der Waals surface area contributed by atoms with Crippen LogP contribution in [0.4, 0.5) is 0 Å². The minimum absolute atomic E-state index is 0.329. The molecule has 0 aromatic carbocycles. The largest absolute Gasteiger partial charge is 0.396 e. The fourth-order valence-electron chi connectivity index (χ4n) is 1.70. The molecule has 80 valence electrons. The van der Waals surface area contributed by atoms with Crippen molar-refractivity contribution >= 4 is 0 Å². The molecule has 0 heterocycles. The lowest BCUT2D eigenvalue weighted by molar-refractivity contribution is 0.192. The number of aliphatic hydroxyl groups excluding tert-OH is 1. The topological polar surface area (TPSA) is 20.2 Å². The average Bonchev–Trinajstić information content (AvgIpc) is 2.02. The summed E-state index contributed by atoms with van der Waals surface area (Å²) in [6, 6.07) is 0. The van der Waals surface area contributed by atoms with Crippen molar-refractivity contribution in [2.24, 2.45) is 11.3 Å². The second kappa shape index (κ2) is 6.42. The van der Waals surface area contributed by atoms with Crippen LogP contribution in [0.2, 0.25) is 0 Å². The molecule has 0 aromatic heterocycles. The molecule has 0 saturated carbocycles. The molecule has 0 radical (unpaired) electrons. The first-order valence-corrected chi connectivity index (χ1v) is 5.62. The maximum absolute atomic E-state index is 8.87. The number of hydrogen-bond acceptors (Lipinski definition) is 1. The molecule has 0 bridgehead atoms. The summed E-state index contributed by atoms with van der Waals surface area (Å²) in [5.41, 5.74) is 0.330. The van der Waals surface area contributed by atoms with Gasteiger partial charge in [0.05, 0.1) is 0 Å². The van der Waals surface area contributed by atoms with Crippen LogP contribution in [0.3, 0.4) is 0 Å². The summed E-state index contributed by atoms with van der Waals surface area (Å²) in [5.74, 6) is 0.850. The minimum atomic E-state index is 0.329. The fourth-order valence-corrected chi connectivity index (χ4v) is 1.70. The van der Waals surface area contributed by atoms with Crippen molar-refractivity contribution in [3.8, 4) is 0 Å². The van der Waals surface area contributed by atoms with Crippen LogP contribution in [0.25, 0.3) is 0 Å². The third-order valence-corrected chi connectivity index (χ3v) is 2.88. The first-order valence-electron chi connectivity index (χ1n) is 5.62. The van der Waals surface area contributed by atoms with Gasteiger partial charge in [0.2, 0.25) is 0 Å². The van der Waals surface area contributed by atoms with Gasteiger partial charge in [-0.1, -0.05) is 47.0 Å². The van der Waals surface area contributed by atoms with E-state index < -0.39 is 0 Å². The molecule has 0 spiro atoms. The molecule has 0 aromatic rings. The van der Waals surface area contributed by atoms with Gasteiger partial charge in [-0.3, -0.25) is 0 Å². The zero-order valence-electron chi connectivity index (χ0n) is 9.77. The zero-order valence-corrected chi connectivity index (χ0v) is 9.77. The smallest absolute Gasteiger partial charge is 0.0436 e. The van der Waals surface area contributed by atoms with Gasteiger partial charge in [-0.15, -0.1) is 0 Å². The molecule has 1 heteroatoms. The Morgan fingerprint density at radius 3 is 2.23 bits per heavy atom. The van der Waals surface area contributed by atoms with Crippen LogP contribution >= 0.6 is 0 Å². The highest BCUT2D eigenvalue weighted by molar-refractivity contribution is 4.69. The van der Waals surface area contributed by atoms with Gasteiger partial charge in [-0.05, 0) is 24.2 Å². The molecule has 1 N–H and O–H groups in total. The van der Waals surface area contributed by atoms with Crippen molar-refractivity contribution in [2.75, 3.05) is 6.61 Å². The van der Waals surface area contributed by atoms with E-state index in [0.717, 1.165) is 12.3 Å². The predicted molar refractivity (Wildman–Crippen MR) is 58.8 cm³/mol. The normalized spacial score (nSPS) is 14.5. The van der Waals surface area contributed by atoms with Crippen molar-refractivity contribution in [1.29, 1.82) is 0 Å². The molecule has 1 nitrogen and oxygen atoms in total. The summed E-state index contributed by atoms with van der Waals surface area (Å²) >= 11 is 0. The molecule has 0 aliphatic carbocycles. The van der Waals surface area contributed by atoms with Crippen molar-refractivity contribution in [3.05, 3.63) is 0 Å². The van der Waals surface area contributed by atoms with Crippen LogP contribution in [0.5, 0.6) is 0 Å². The second-order valence-electron chi connectivity index (χ2n) is 5.07. The van der Waals surface area contributed by atoms with Crippen LogP contribution in [-0.2, 0) is 0 Å². The van der Waals surface area contributed by atoms with Gasteiger partial charge < -0.3 is 5.11 Å². The quantitative estimate of drug-likeness (QED) is 0.644. The van der Waals surface area contributed by atoms with Crippen molar-refractivity contribution in [3.63, 3.8) is 0 Å². The molecule has 0 saturated heterocycles. The molecule has 0 aliphatic rings. The predicted octanol–water partition coefficient (Wildman–Crippen LogP) is 3.61. The van der Waals surface area contributed by atoms with E-state index in [4.69, 9.17) is 5.11 Å². The van der Waals surface area contributed by atoms with Gasteiger partial charge >= 0.3 is 0 Å². The lowest BCUT2D eigenvalue weighted by Crippen LogP contribution is -2.14. The Kier molecular flexibility index (Phi) is 6.40. The summed E-state index contributed by atoms with van der Waals surface area (Å²) in [5, 5.41) is 8.87. The Bertz CT molecular complexity index is 118. The van der Waals surface area contributed by atoms with Gasteiger partial charge in [0.1, 0.15) is 0 Å². The van der Waals surface area contributed by atoms with Crippen LogP contribution in [0.15, 0.2) is 0 Å². The zero-order chi connectivity index (χ0) is 10.3. The highest BCUT2D eigenvalue weighted by Crippen LogP contribution is 2.29. The van der Waals surface area contributed by atoms with Gasteiger partial charge in [0.25, 0.3) is 0 Å². The Morgan fingerprint density at radius 2 is 1.77 bits per heavy atom. The molecular formula is C12H26O. The lowest BCUT2D eigenvalue weighted by Gasteiger charge is -2.25. The summed E-state index contributed by atoms with van der Waals surface area (Å²) in [6.07, 6.45) is 6.12. The molecule has 0 amide bonds. The Labute approximate surface area is 83.5 Å². The third kappa shape index (κ3) is 7.06. The van der Waals surface area contributed by atoms with Crippen LogP contribution in [0.1, 0.15) is 59.8 Å². The van der Waals surface area contributed by atoms with Gasteiger partial charge in [-0.2, -0.15) is 0 Å². The molecule has 1 atom stereocenters. The summed E-state index contributed by atoms with van der Waals surface area (Å²) in [4.78, 5) is 0. The maximum atomic E-state index is 8.87. The second-order valence-corrected chi connectivity index (χ2v) is 5.07. The number of rotatable bonds is 7. The first kappa shape index (κ1) is 13.0. The Morgan fingerprint density at radius 1 is 1.15 bits per heavy atom. The van der Waals surface area contributed by atoms with E-state index in [2.05, 4.69) is 27.7 Å². The van der Waals surface area contributed by atoms with E-state index in [1.54, 1.807) is 0 Å². The van der Waals surface area contributed by atoms with Crippen LogP contribution < -0.4 is 0 Å². The molecule has 13 heavy (non-hydrogen) atoms. The average molecular weight is 186 g/mol. The van der Waals surface area contributed by atoms with E-state index in [-0.39, 0.29) is 0 Å². The van der Waals surface area contributed by atoms with Gasteiger partial charge in [-0.25, -0.2) is 0 Å². The fraction of sp³-hybridized carbons (Fsp3) is 1.00. The third-order valence-electron chi connectivity index (χ3n) is 2.88. The SMILES string of the molecule is CCCC(C)CCC(C)(C)CCO. The molecule has 0 fully saturated rings. The lowest BCUT2D eigenvalue weighted by atomic mass is 9.82. The van der Waals surface area contributed by atoms with Crippen molar-refractivity contribution in [1.82, 2.24) is 0 Å². The van der Waals surface area contributed by atoms with E-state index in [0.29, 0.717) is 12.0 Å². The summed E-state index contributed by atoms with van der Waals surface area (Å²) in [6.45, 7) is 9.41. The number of hydrogen-bond donors (Lipinski definition) is 1. The van der Waals surface area contributed by atoms with Crippen LogP contribution in [-0.4, -0.2) is 11.7 Å². The highest BCUT2D eigenvalue weighted by Gasteiger charge is 2.17. The van der Waals surface area contributed by atoms with Gasteiger partial charge in [0.15, 0.2) is 0 Å². The van der Waals surface area contributed by atoms with E-state index in [1.165, 1.54) is 25.7 Å². The maximum Gasteiger partial charge on any atom is 0.0436 e. The van der Waals surface area contributed by atoms with E-state index >= 15 is 0 Å². The van der Waals surface area contributed by atoms with Crippen molar-refractivity contribution < 1.29 is 5.11 Å². The Hall–Kier alpha value is -0.0400. The molecule has 1 unspecified atom stereocenters. The standard InChI is InChI=1S/C12H26O/c1-5-6-11(2)7-8-12(3,4)9-10-13/h11,13H,5-10H2,1-4H3. The summed E-state index contributed by atoms with van der Waals surface area (Å²) < 4.78 is 0. The number of aliphatic hydroxyl groups is 1. The highest BCUT2D eigenvalue weighted by atomic mass is 16.3. The Balaban J connectivity index is 3.60. The molecular weight excluding hydrogens is 160 g/mol. The first-order chi connectivity index (χ1) is 6.02. The van der Waals surface area contributed by atoms with Crippen LogP contribution in [0, 0.1) is 11.3 Å². The van der Waals surface area contributed by atoms with E-state index in [9.17, 15) is 0 Å². The molecule has 0 rings (SSSR count). The summed E-state index contributed by atoms with van der Waals surface area (Å²) in [7, 11) is 0. The van der Waals surface area contributed by atoms with Crippen molar-refractivity contribution in [2.45, 2.75) is 59.8 Å². The molecule has 0 aliphatic heterocycles. The van der Waals surface area contributed by atoms with E-state index in [1.807, 2.05) is 0 Å².